The molecule has 0 radical (unpaired) electrons. The molecule has 0 heterocycles. The van der Waals surface area contributed by atoms with Crippen LogP contribution in [0.1, 0.15) is 12.5 Å². The fraction of sp³-hybridized carbons (Fsp3) is 0.188. The molecule has 0 unspecified atom stereocenters. The van der Waals surface area contributed by atoms with Crippen molar-refractivity contribution in [2.24, 2.45) is 0 Å². The first-order valence-electron chi connectivity index (χ1n) is 6.59. The van der Waals surface area contributed by atoms with Gasteiger partial charge in [0.2, 0.25) is 0 Å². The van der Waals surface area contributed by atoms with E-state index < -0.39 is 0 Å². The normalized spacial score (nSPS) is 10.2. The molecule has 2 N–H and O–H groups in total. The molecule has 0 atom stereocenters. The van der Waals surface area contributed by atoms with Crippen LogP contribution in [0.25, 0.3) is 0 Å². The first kappa shape index (κ1) is 15.2. The van der Waals surface area contributed by atoms with Crippen molar-refractivity contribution in [1.29, 1.82) is 0 Å². The van der Waals surface area contributed by atoms with Crippen molar-refractivity contribution in [2.75, 3.05) is 11.9 Å². The van der Waals surface area contributed by atoms with Crippen molar-refractivity contribution in [3.63, 3.8) is 0 Å². The quantitative estimate of drug-likeness (QED) is 0.829. The number of phenolic OH excluding ortho intramolecular Hbond substituents is 1. The number of hydrogen-bond donors (Lipinski definition) is 2. The predicted molar refractivity (Wildman–Crippen MR) is 83.1 cm³/mol. The molecule has 0 aliphatic rings. The number of aryl methyl sites for hydroxylation is 1. The molecule has 4 nitrogen and oxygen atoms in total. The second kappa shape index (κ2) is 6.99. The lowest BCUT2D eigenvalue weighted by atomic mass is 10.1. The van der Waals surface area contributed by atoms with Crippen LogP contribution in [0.15, 0.2) is 42.5 Å². The van der Waals surface area contributed by atoms with Gasteiger partial charge in [-0.3, -0.25) is 4.79 Å². The number of nitrogens with one attached hydrogen (secondary N) is 1. The van der Waals surface area contributed by atoms with E-state index in [1.165, 1.54) is 12.1 Å². The van der Waals surface area contributed by atoms with Crippen molar-refractivity contribution in [2.45, 2.75) is 13.3 Å². The molecule has 0 aliphatic carbocycles. The molecule has 0 aromatic heterocycles. The molecular formula is C16H16ClNO3. The Morgan fingerprint density at radius 1 is 1.29 bits per heavy atom. The SMILES string of the molecule is CCc1ccccc1OCC(=O)Nc1cc(Cl)ccc1O. The summed E-state index contributed by atoms with van der Waals surface area (Å²) in [7, 11) is 0. The number of carbonyl (C=O) groups excluding carboxylic acids is 1. The van der Waals surface area contributed by atoms with Crippen molar-refractivity contribution in [1.82, 2.24) is 0 Å². The Bertz CT molecular complexity index is 643. The second-order valence-corrected chi connectivity index (χ2v) is 4.90. The molecule has 110 valence electrons. The third-order valence-electron chi connectivity index (χ3n) is 2.94. The standard InChI is InChI=1S/C16H16ClNO3/c1-2-11-5-3-4-6-15(11)21-10-16(20)18-13-9-12(17)7-8-14(13)19/h3-9,19H,2,10H2,1H3,(H,18,20). The van der Waals surface area contributed by atoms with Gasteiger partial charge in [-0.15, -0.1) is 0 Å². The molecular weight excluding hydrogens is 290 g/mol. The minimum atomic E-state index is -0.363. The fourth-order valence-electron chi connectivity index (χ4n) is 1.87. The first-order valence-corrected chi connectivity index (χ1v) is 6.97. The van der Waals surface area contributed by atoms with E-state index in [9.17, 15) is 9.90 Å². The lowest BCUT2D eigenvalue weighted by molar-refractivity contribution is -0.118. The average molecular weight is 306 g/mol. The highest BCUT2D eigenvalue weighted by Gasteiger charge is 2.09. The van der Waals surface area contributed by atoms with Crippen molar-refractivity contribution in [3.05, 3.63) is 53.1 Å². The Kier molecular flexibility index (Phi) is 5.06. The number of amides is 1. The summed E-state index contributed by atoms with van der Waals surface area (Å²) in [6, 6.07) is 12.0. The van der Waals surface area contributed by atoms with Gasteiger partial charge in [-0.1, -0.05) is 36.7 Å². The van der Waals surface area contributed by atoms with Gasteiger partial charge in [0.15, 0.2) is 6.61 Å². The Morgan fingerprint density at radius 3 is 2.81 bits per heavy atom. The van der Waals surface area contributed by atoms with Crippen LogP contribution in [0.4, 0.5) is 5.69 Å². The Morgan fingerprint density at radius 2 is 2.05 bits per heavy atom. The topological polar surface area (TPSA) is 58.6 Å². The highest BCUT2D eigenvalue weighted by Crippen LogP contribution is 2.26. The molecule has 0 saturated carbocycles. The first-order chi connectivity index (χ1) is 10.1. The summed E-state index contributed by atoms with van der Waals surface area (Å²) in [5.74, 6) is 0.283. The van der Waals surface area contributed by atoms with Crippen LogP contribution in [-0.2, 0) is 11.2 Å². The molecule has 2 aromatic rings. The summed E-state index contributed by atoms with van der Waals surface area (Å²) in [4.78, 5) is 11.9. The van der Waals surface area contributed by atoms with Gasteiger partial charge >= 0.3 is 0 Å². The Balaban J connectivity index is 1.97. The maximum absolute atomic E-state index is 11.9. The largest absolute Gasteiger partial charge is 0.506 e. The van der Waals surface area contributed by atoms with Crippen LogP contribution in [0.5, 0.6) is 11.5 Å². The van der Waals surface area contributed by atoms with Gasteiger partial charge < -0.3 is 15.2 Å². The molecule has 2 aromatic carbocycles. The van der Waals surface area contributed by atoms with E-state index in [1.807, 2.05) is 31.2 Å². The summed E-state index contributed by atoms with van der Waals surface area (Å²) >= 11 is 5.82. The predicted octanol–water partition coefficient (Wildman–Crippen LogP) is 3.63. The van der Waals surface area contributed by atoms with E-state index in [4.69, 9.17) is 16.3 Å². The fourth-order valence-corrected chi connectivity index (χ4v) is 2.05. The third kappa shape index (κ3) is 4.13. The number of ether oxygens (including phenoxy) is 1. The summed E-state index contributed by atoms with van der Waals surface area (Å²) in [6.45, 7) is 1.88. The summed E-state index contributed by atoms with van der Waals surface area (Å²) in [6.07, 6.45) is 0.826. The van der Waals surface area contributed by atoms with E-state index in [0.29, 0.717) is 10.8 Å². The molecule has 5 heteroatoms. The zero-order valence-corrected chi connectivity index (χ0v) is 12.4. The van der Waals surface area contributed by atoms with Gasteiger partial charge in [0, 0.05) is 5.02 Å². The maximum Gasteiger partial charge on any atom is 0.262 e. The second-order valence-electron chi connectivity index (χ2n) is 4.46. The zero-order chi connectivity index (χ0) is 15.2. The molecule has 0 spiro atoms. The molecule has 0 bridgehead atoms. The van der Waals surface area contributed by atoms with Crippen molar-refractivity contribution < 1.29 is 14.6 Å². The number of carbonyl (C=O) groups is 1. The molecule has 21 heavy (non-hydrogen) atoms. The third-order valence-corrected chi connectivity index (χ3v) is 3.18. The lowest BCUT2D eigenvalue weighted by Gasteiger charge is -2.11. The van der Waals surface area contributed by atoms with Gasteiger partial charge in [0.1, 0.15) is 11.5 Å². The minimum Gasteiger partial charge on any atom is -0.506 e. The minimum absolute atomic E-state index is 0.0401. The summed E-state index contributed by atoms with van der Waals surface area (Å²) in [5, 5.41) is 12.6. The van der Waals surface area contributed by atoms with E-state index in [-0.39, 0.29) is 24.0 Å². The molecule has 1 amide bonds. The van der Waals surface area contributed by atoms with E-state index >= 15 is 0 Å². The number of benzene rings is 2. The highest BCUT2D eigenvalue weighted by molar-refractivity contribution is 6.31. The Labute approximate surface area is 128 Å². The van der Waals surface area contributed by atoms with Gasteiger partial charge in [-0.2, -0.15) is 0 Å². The van der Waals surface area contributed by atoms with Crippen LogP contribution in [-0.4, -0.2) is 17.6 Å². The number of aromatic hydroxyl groups is 1. The lowest BCUT2D eigenvalue weighted by Crippen LogP contribution is -2.20. The number of hydrogen-bond acceptors (Lipinski definition) is 3. The molecule has 2 rings (SSSR count). The number of rotatable bonds is 5. The van der Waals surface area contributed by atoms with E-state index in [1.54, 1.807) is 6.07 Å². The van der Waals surface area contributed by atoms with E-state index in [2.05, 4.69) is 5.32 Å². The van der Waals surface area contributed by atoms with Crippen molar-refractivity contribution >= 4 is 23.2 Å². The number of phenols is 1. The zero-order valence-electron chi connectivity index (χ0n) is 11.6. The Hall–Kier alpha value is -2.20. The number of anilines is 1. The summed E-state index contributed by atoms with van der Waals surface area (Å²) < 4.78 is 5.51. The van der Waals surface area contributed by atoms with Crippen LogP contribution >= 0.6 is 11.6 Å². The van der Waals surface area contributed by atoms with Crippen LogP contribution in [0.2, 0.25) is 5.02 Å². The summed E-state index contributed by atoms with van der Waals surface area (Å²) in [5.41, 5.74) is 1.30. The van der Waals surface area contributed by atoms with Gasteiger partial charge in [-0.05, 0) is 36.2 Å². The number of halogens is 1. The monoisotopic (exact) mass is 305 g/mol. The molecule has 0 fully saturated rings. The van der Waals surface area contributed by atoms with Crippen LogP contribution in [0, 0.1) is 0 Å². The van der Waals surface area contributed by atoms with Crippen LogP contribution in [0.3, 0.4) is 0 Å². The average Bonchev–Trinajstić information content (AvgIpc) is 2.49. The number of para-hydroxylation sites is 1. The maximum atomic E-state index is 11.9. The molecule has 0 saturated heterocycles. The van der Waals surface area contributed by atoms with E-state index in [0.717, 1.165) is 12.0 Å². The van der Waals surface area contributed by atoms with Gasteiger partial charge in [-0.25, -0.2) is 0 Å². The van der Waals surface area contributed by atoms with Crippen LogP contribution < -0.4 is 10.1 Å². The van der Waals surface area contributed by atoms with Crippen molar-refractivity contribution in [3.8, 4) is 11.5 Å². The highest BCUT2D eigenvalue weighted by atomic mass is 35.5. The van der Waals surface area contributed by atoms with Gasteiger partial charge in [0.25, 0.3) is 5.91 Å². The smallest absolute Gasteiger partial charge is 0.262 e. The molecule has 0 aliphatic heterocycles. The van der Waals surface area contributed by atoms with Gasteiger partial charge in [0.05, 0.1) is 5.69 Å².